The van der Waals surface area contributed by atoms with E-state index in [9.17, 15) is 19.3 Å². The van der Waals surface area contributed by atoms with Gasteiger partial charge in [-0.1, -0.05) is 28.1 Å². The summed E-state index contributed by atoms with van der Waals surface area (Å²) in [6.45, 7) is 0. The number of ether oxygens (including phenoxy) is 1. The zero-order valence-electron chi connectivity index (χ0n) is 10.6. The monoisotopic (exact) mass is 353 g/mol. The van der Waals surface area contributed by atoms with E-state index >= 15 is 0 Å². The number of nitro groups is 1. The summed E-state index contributed by atoms with van der Waals surface area (Å²) in [5.41, 5.74) is 0.481. The summed E-state index contributed by atoms with van der Waals surface area (Å²) in [6, 6.07) is 9.58. The predicted octanol–water partition coefficient (Wildman–Crippen LogP) is 3.64. The van der Waals surface area contributed by atoms with Crippen LogP contribution in [0.15, 0.2) is 46.9 Å². The summed E-state index contributed by atoms with van der Waals surface area (Å²) in [5.74, 6) is -1.46. The first-order valence-corrected chi connectivity index (χ1v) is 6.64. The van der Waals surface area contributed by atoms with Gasteiger partial charge in [-0.3, -0.25) is 14.9 Å². The third kappa shape index (κ3) is 4.09. The second kappa shape index (κ2) is 6.45. The van der Waals surface area contributed by atoms with Gasteiger partial charge >= 0.3 is 5.97 Å². The highest BCUT2D eigenvalue weighted by atomic mass is 79.9. The molecular weight excluding hydrogens is 345 g/mol. The predicted molar refractivity (Wildman–Crippen MR) is 76.5 cm³/mol. The molecule has 0 spiro atoms. The molecule has 2 rings (SSSR count). The topological polar surface area (TPSA) is 69.4 Å². The smallest absolute Gasteiger partial charge is 0.315 e. The second-order valence-electron chi connectivity index (χ2n) is 4.15. The van der Waals surface area contributed by atoms with Crippen LogP contribution in [0.5, 0.6) is 5.75 Å². The van der Waals surface area contributed by atoms with Crippen LogP contribution in [0.3, 0.4) is 0 Å². The number of rotatable bonds is 4. The van der Waals surface area contributed by atoms with E-state index in [4.69, 9.17) is 4.74 Å². The molecule has 108 valence electrons. The van der Waals surface area contributed by atoms with Gasteiger partial charge in [-0.05, 0) is 23.8 Å². The van der Waals surface area contributed by atoms with E-state index in [0.29, 0.717) is 10.0 Å². The summed E-state index contributed by atoms with van der Waals surface area (Å²) in [5, 5.41) is 10.5. The van der Waals surface area contributed by atoms with Crippen molar-refractivity contribution in [3.05, 3.63) is 68.4 Å². The van der Waals surface area contributed by atoms with Gasteiger partial charge in [-0.2, -0.15) is 0 Å². The number of hydrogen-bond acceptors (Lipinski definition) is 4. The van der Waals surface area contributed by atoms with Gasteiger partial charge in [0.15, 0.2) is 11.6 Å². The Hall–Kier alpha value is -2.28. The Bertz CT molecular complexity index is 688. The molecule has 21 heavy (non-hydrogen) atoms. The van der Waals surface area contributed by atoms with Gasteiger partial charge in [-0.15, -0.1) is 0 Å². The van der Waals surface area contributed by atoms with Crippen molar-refractivity contribution < 1.29 is 18.8 Å². The van der Waals surface area contributed by atoms with Crippen LogP contribution in [0.1, 0.15) is 5.56 Å². The molecule has 0 saturated carbocycles. The number of benzene rings is 2. The maximum atomic E-state index is 13.5. The summed E-state index contributed by atoms with van der Waals surface area (Å²) in [7, 11) is 0. The van der Waals surface area contributed by atoms with Gasteiger partial charge < -0.3 is 4.74 Å². The van der Waals surface area contributed by atoms with Crippen LogP contribution in [-0.4, -0.2) is 10.9 Å². The summed E-state index contributed by atoms with van der Waals surface area (Å²) in [6.07, 6.45) is -0.104. The quantitative estimate of drug-likeness (QED) is 0.364. The molecule has 0 aliphatic carbocycles. The lowest BCUT2D eigenvalue weighted by Crippen LogP contribution is -2.12. The molecule has 0 atom stereocenters. The van der Waals surface area contributed by atoms with Gasteiger partial charge in [0.05, 0.1) is 11.3 Å². The molecule has 0 radical (unpaired) electrons. The van der Waals surface area contributed by atoms with Crippen molar-refractivity contribution in [2.75, 3.05) is 0 Å². The fourth-order valence-electron chi connectivity index (χ4n) is 1.62. The Kier molecular flexibility index (Phi) is 4.64. The Labute approximate surface area is 127 Å². The zero-order valence-corrected chi connectivity index (χ0v) is 12.2. The first kappa shape index (κ1) is 15.1. The first-order valence-electron chi connectivity index (χ1n) is 5.85. The number of nitrogens with zero attached hydrogens (tertiary/aromatic N) is 1. The van der Waals surface area contributed by atoms with Crippen molar-refractivity contribution in [2.45, 2.75) is 6.42 Å². The fourth-order valence-corrected chi connectivity index (χ4v) is 1.95. The maximum Gasteiger partial charge on any atom is 0.315 e. The third-order valence-corrected chi connectivity index (χ3v) is 3.11. The van der Waals surface area contributed by atoms with Crippen molar-refractivity contribution in [1.29, 1.82) is 0 Å². The number of non-ortho nitro benzene ring substituents is 1. The largest absolute Gasteiger partial charge is 0.423 e. The number of carbonyl (C=O) groups is 1. The second-order valence-corrected chi connectivity index (χ2v) is 5.06. The van der Waals surface area contributed by atoms with Crippen molar-refractivity contribution in [3.63, 3.8) is 0 Å². The first-order chi connectivity index (χ1) is 9.95. The molecule has 0 bridgehead atoms. The molecular formula is C14H9BrFNO4. The van der Waals surface area contributed by atoms with E-state index in [-0.39, 0.29) is 17.9 Å². The Morgan fingerprint density at radius 1 is 1.24 bits per heavy atom. The van der Waals surface area contributed by atoms with E-state index in [1.54, 1.807) is 6.07 Å². The van der Waals surface area contributed by atoms with Gasteiger partial charge in [0.25, 0.3) is 5.69 Å². The lowest BCUT2D eigenvalue weighted by atomic mass is 10.1. The number of hydrogen-bond donors (Lipinski definition) is 0. The average Bonchev–Trinajstić information content (AvgIpc) is 2.42. The van der Waals surface area contributed by atoms with Crippen molar-refractivity contribution >= 4 is 27.6 Å². The van der Waals surface area contributed by atoms with Crippen LogP contribution >= 0.6 is 15.9 Å². The van der Waals surface area contributed by atoms with Crippen LogP contribution in [0.4, 0.5) is 10.1 Å². The average molecular weight is 354 g/mol. The minimum atomic E-state index is -0.651. The van der Waals surface area contributed by atoms with Crippen molar-refractivity contribution in [1.82, 2.24) is 0 Å². The van der Waals surface area contributed by atoms with Gasteiger partial charge in [0, 0.05) is 16.6 Å². The van der Waals surface area contributed by atoms with E-state index < -0.39 is 16.7 Å². The normalized spacial score (nSPS) is 10.2. The highest BCUT2D eigenvalue weighted by Gasteiger charge is 2.12. The minimum absolute atomic E-state index is 0.0638. The maximum absolute atomic E-state index is 13.5. The molecule has 0 aliphatic rings. The molecule has 0 heterocycles. The number of carbonyl (C=O) groups excluding carboxylic acids is 1. The number of esters is 1. The van der Waals surface area contributed by atoms with Crippen LogP contribution in [0.2, 0.25) is 0 Å². The Morgan fingerprint density at radius 3 is 2.48 bits per heavy atom. The molecule has 2 aromatic rings. The molecule has 2 aromatic carbocycles. The molecule has 0 N–H and O–H groups in total. The third-order valence-electron chi connectivity index (χ3n) is 2.61. The molecule has 0 aromatic heterocycles. The molecule has 0 fully saturated rings. The van der Waals surface area contributed by atoms with E-state index in [1.165, 1.54) is 36.4 Å². The zero-order chi connectivity index (χ0) is 15.4. The molecule has 0 amide bonds. The van der Waals surface area contributed by atoms with Crippen molar-refractivity contribution in [2.24, 2.45) is 0 Å². The number of nitro benzene ring substituents is 1. The highest BCUT2D eigenvalue weighted by molar-refractivity contribution is 9.10. The van der Waals surface area contributed by atoms with E-state index in [1.807, 2.05) is 0 Å². The van der Waals surface area contributed by atoms with Gasteiger partial charge in [0.1, 0.15) is 0 Å². The minimum Gasteiger partial charge on any atom is -0.423 e. The molecule has 7 heteroatoms. The van der Waals surface area contributed by atoms with Crippen LogP contribution < -0.4 is 4.74 Å². The van der Waals surface area contributed by atoms with Crippen LogP contribution in [-0.2, 0) is 11.2 Å². The fraction of sp³-hybridized carbons (Fsp3) is 0.0714. The highest BCUT2D eigenvalue weighted by Crippen LogP contribution is 2.22. The van der Waals surface area contributed by atoms with E-state index in [0.717, 1.165) is 0 Å². The molecule has 5 nitrogen and oxygen atoms in total. The Morgan fingerprint density at radius 2 is 1.90 bits per heavy atom. The molecule has 0 saturated heterocycles. The molecule has 0 aliphatic heterocycles. The summed E-state index contributed by atoms with van der Waals surface area (Å²) >= 11 is 3.10. The standard InChI is InChI=1S/C14H9BrFNO4/c15-10-3-6-13(12(16)8-10)21-14(18)7-9-1-4-11(5-2-9)17(19)20/h1-6,8H,7H2. The van der Waals surface area contributed by atoms with Gasteiger partial charge in [0.2, 0.25) is 0 Å². The molecule has 0 unspecified atom stereocenters. The summed E-state index contributed by atoms with van der Waals surface area (Å²) in [4.78, 5) is 21.7. The Balaban J connectivity index is 2.02. The SMILES string of the molecule is O=C(Cc1ccc([N+](=O)[O-])cc1)Oc1ccc(Br)cc1F. The van der Waals surface area contributed by atoms with E-state index in [2.05, 4.69) is 15.9 Å². The number of halogens is 2. The van der Waals surface area contributed by atoms with Crippen LogP contribution in [0, 0.1) is 15.9 Å². The lowest BCUT2D eigenvalue weighted by molar-refractivity contribution is -0.384. The van der Waals surface area contributed by atoms with Crippen molar-refractivity contribution in [3.8, 4) is 5.75 Å². The van der Waals surface area contributed by atoms with Gasteiger partial charge in [-0.25, -0.2) is 4.39 Å². The lowest BCUT2D eigenvalue weighted by Gasteiger charge is -2.05. The summed E-state index contributed by atoms with van der Waals surface area (Å²) < 4.78 is 19.0. The van der Waals surface area contributed by atoms with Crippen LogP contribution in [0.25, 0.3) is 0 Å².